The number of aryl methyl sites for hydroxylation is 1. The standard InChI is InChI=1S/C9H7BrN2OS2/c1-4-7(8(11)13)15-9(12-4)6-2-5(10)3-14-6/h2-3H,1H3,(H2,11,13). The molecule has 0 bridgehead atoms. The molecule has 0 spiro atoms. The average Bonchev–Trinajstić information content (AvgIpc) is 2.71. The molecule has 2 N–H and O–H groups in total. The number of nitrogens with zero attached hydrogens (tertiary/aromatic N) is 1. The van der Waals surface area contributed by atoms with Gasteiger partial charge in [-0.05, 0) is 28.9 Å². The zero-order valence-corrected chi connectivity index (χ0v) is 11.0. The van der Waals surface area contributed by atoms with Crippen molar-refractivity contribution in [2.75, 3.05) is 0 Å². The summed E-state index contributed by atoms with van der Waals surface area (Å²) in [4.78, 5) is 17.0. The van der Waals surface area contributed by atoms with Gasteiger partial charge in [-0.25, -0.2) is 4.98 Å². The van der Waals surface area contributed by atoms with E-state index in [4.69, 9.17) is 5.73 Å². The molecule has 2 rings (SSSR count). The number of thiazole rings is 1. The number of hydrogen-bond acceptors (Lipinski definition) is 4. The molecule has 0 aliphatic carbocycles. The van der Waals surface area contributed by atoms with E-state index in [1.54, 1.807) is 18.3 Å². The first-order chi connectivity index (χ1) is 7.08. The molecular formula is C9H7BrN2OS2. The molecule has 0 aliphatic rings. The highest BCUT2D eigenvalue weighted by Crippen LogP contribution is 2.33. The number of rotatable bonds is 2. The van der Waals surface area contributed by atoms with Crippen LogP contribution in [0.25, 0.3) is 9.88 Å². The van der Waals surface area contributed by atoms with Crippen LogP contribution in [0.3, 0.4) is 0 Å². The Morgan fingerprint density at radius 2 is 2.33 bits per heavy atom. The predicted molar refractivity (Wildman–Crippen MR) is 66.4 cm³/mol. The Morgan fingerprint density at radius 3 is 2.80 bits per heavy atom. The summed E-state index contributed by atoms with van der Waals surface area (Å²) in [5.74, 6) is -0.410. The summed E-state index contributed by atoms with van der Waals surface area (Å²) in [6, 6.07) is 1.98. The summed E-state index contributed by atoms with van der Waals surface area (Å²) < 4.78 is 1.02. The fourth-order valence-electron chi connectivity index (χ4n) is 1.16. The smallest absolute Gasteiger partial charge is 0.260 e. The largest absolute Gasteiger partial charge is 0.365 e. The number of hydrogen-bond donors (Lipinski definition) is 1. The SMILES string of the molecule is Cc1nc(-c2cc(Br)cs2)sc1C(N)=O. The van der Waals surface area contributed by atoms with E-state index in [9.17, 15) is 4.79 Å². The average molecular weight is 303 g/mol. The van der Waals surface area contributed by atoms with Crippen molar-refractivity contribution in [2.24, 2.45) is 5.73 Å². The van der Waals surface area contributed by atoms with Gasteiger partial charge in [-0.2, -0.15) is 0 Å². The quantitative estimate of drug-likeness (QED) is 0.927. The minimum Gasteiger partial charge on any atom is -0.365 e. The molecule has 0 saturated heterocycles. The van der Waals surface area contributed by atoms with Crippen molar-refractivity contribution in [2.45, 2.75) is 6.92 Å². The normalized spacial score (nSPS) is 10.5. The second kappa shape index (κ2) is 4.03. The lowest BCUT2D eigenvalue weighted by molar-refractivity contribution is 0.100. The molecule has 0 saturated carbocycles. The minimum atomic E-state index is -0.410. The lowest BCUT2D eigenvalue weighted by Gasteiger charge is -1.86. The topological polar surface area (TPSA) is 56.0 Å². The molecule has 0 fully saturated rings. The lowest BCUT2D eigenvalue weighted by atomic mass is 10.4. The number of thiophene rings is 1. The van der Waals surface area contributed by atoms with Crippen LogP contribution >= 0.6 is 38.6 Å². The van der Waals surface area contributed by atoms with Gasteiger partial charge >= 0.3 is 0 Å². The van der Waals surface area contributed by atoms with Crippen LogP contribution in [0.1, 0.15) is 15.4 Å². The van der Waals surface area contributed by atoms with Crippen molar-refractivity contribution in [1.82, 2.24) is 4.98 Å². The van der Waals surface area contributed by atoms with Crippen LogP contribution in [0.15, 0.2) is 15.9 Å². The Balaban J connectivity index is 2.46. The molecule has 0 aromatic carbocycles. The maximum Gasteiger partial charge on any atom is 0.260 e. The lowest BCUT2D eigenvalue weighted by Crippen LogP contribution is -2.09. The van der Waals surface area contributed by atoms with Gasteiger partial charge in [0.1, 0.15) is 9.88 Å². The number of nitrogens with two attached hydrogens (primary N) is 1. The highest BCUT2D eigenvalue weighted by atomic mass is 79.9. The summed E-state index contributed by atoms with van der Waals surface area (Å²) in [5, 5.41) is 2.83. The number of carbonyl (C=O) groups is 1. The molecule has 2 aromatic rings. The molecule has 1 amide bonds. The molecule has 0 radical (unpaired) electrons. The zero-order valence-electron chi connectivity index (χ0n) is 7.78. The molecule has 2 aromatic heterocycles. The summed E-state index contributed by atoms with van der Waals surface area (Å²) >= 11 is 6.30. The third-order valence-corrected chi connectivity index (χ3v) is 4.83. The van der Waals surface area contributed by atoms with Crippen LogP contribution in [0.5, 0.6) is 0 Å². The van der Waals surface area contributed by atoms with E-state index in [0.717, 1.165) is 14.4 Å². The Hall–Kier alpha value is -0.720. The Morgan fingerprint density at radius 1 is 1.60 bits per heavy atom. The number of aromatic nitrogens is 1. The Bertz CT molecular complexity index is 518. The molecule has 0 atom stereocenters. The van der Waals surface area contributed by atoms with Gasteiger partial charge in [0.2, 0.25) is 0 Å². The first kappa shape index (κ1) is 10.8. The molecular weight excluding hydrogens is 296 g/mol. The van der Waals surface area contributed by atoms with Gasteiger partial charge in [0.25, 0.3) is 5.91 Å². The fourth-order valence-corrected chi connectivity index (χ4v) is 3.56. The van der Waals surface area contributed by atoms with Crippen molar-refractivity contribution < 1.29 is 4.79 Å². The van der Waals surface area contributed by atoms with E-state index >= 15 is 0 Å². The van der Waals surface area contributed by atoms with E-state index < -0.39 is 5.91 Å². The summed E-state index contributed by atoms with van der Waals surface area (Å²) in [6.07, 6.45) is 0. The van der Waals surface area contributed by atoms with Gasteiger partial charge in [0.15, 0.2) is 0 Å². The maximum atomic E-state index is 11.1. The first-order valence-electron chi connectivity index (χ1n) is 4.09. The molecule has 2 heterocycles. The molecule has 78 valence electrons. The number of primary amides is 1. The van der Waals surface area contributed by atoms with Crippen LogP contribution < -0.4 is 5.73 Å². The minimum absolute atomic E-state index is 0.410. The van der Waals surface area contributed by atoms with E-state index in [2.05, 4.69) is 20.9 Å². The van der Waals surface area contributed by atoms with Gasteiger partial charge in [-0.15, -0.1) is 22.7 Å². The third kappa shape index (κ3) is 2.11. The highest BCUT2D eigenvalue weighted by Gasteiger charge is 2.14. The van der Waals surface area contributed by atoms with Gasteiger partial charge < -0.3 is 5.73 Å². The summed E-state index contributed by atoms with van der Waals surface area (Å²) in [6.45, 7) is 1.79. The second-order valence-corrected chi connectivity index (χ2v) is 5.75. The zero-order chi connectivity index (χ0) is 11.0. The van der Waals surface area contributed by atoms with Crippen LogP contribution in [0, 0.1) is 6.92 Å². The summed E-state index contributed by atoms with van der Waals surface area (Å²) in [5.41, 5.74) is 5.94. The Kier molecular flexibility index (Phi) is 2.90. The van der Waals surface area contributed by atoms with Gasteiger partial charge in [-0.1, -0.05) is 0 Å². The van der Waals surface area contributed by atoms with E-state index in [1.807, 2.05) is 11.4 Å². The molecule has 6 heteroatoms. The monoisotopic (exact) mass is 302 g/mol. The van der Waals surface area contributed by atoms with Crippen LogP contribution in [-0.2, 0) is 0 Å². The van der Waals surface area contributed by atoms with E-state index in [0.29, 0.717) is 10.6 Å². The fraction of sp³-hybridized carbons (Fsp3) is 0.111. The van der Waals surface area contributed by atoms with Crippen molar-refractivity contribution in [1.29, 1.82) is 0 Å². The third-order valence-electron chi connectivity index (χ3n) is 1.80. The van der Waals surface area contributed by atoms with Crippen molar-refractivity contribution >= 4 is 44.5 Å². The van der Waals surface area contributed by atoms with Crippen molar-refractivity contribution in [3.05, 3.63) is 26.5 Å². The van der Waals surface area contributed by atoms with E-state index in [1.165, 1.54) is 11.3 Å². The summed E-state index contributed by atoms with van der Waals surface area (Å²) in [7, 11) is 0. The van der Waals surface area contributed by atoms with Crippen LogP contribution in [-0.4, -0.2) is 10.9 Å². The van der Waals surface area contributed by atoms with Gasteiger partial charge in [0, 0.05) is 9.85 Å². The Labute approximate surface area is 103 Å². The number of carbonyl (C=O) groups excluding carboxylic acids is 1. The number of halogens is 1. The molecule has 15 heavy (non-hydrogen) atoms. The van der Waals surface area contributed by atoms with Crippen LogP contribution in [0.4, 0.5) is 0 Å². The molecule has 0 unspecified atom stereocenters. The highest BCUT2D eigenvalue weighted by molar-refractivity contribution is 9.10. The van der Waals surface area contributed by atoms with Crippen LogP contribution in [0.2, 0.25) is 0 Å². The first-order valence-corrected chi connectivity index (χ1v) is 6.58. The number of amides is 1. The maximum absolute atomic E-state index is 11.1. The second-order valence-electron chi connectivity index (χ2n) is 2.93. The molecule has 3 nitrogen and oxygen atoms in total. The van der Waals surface area contributed by atoms with Gasteiger partial charge in [0.05, 0.1) is 10.6 Å². The van der Waals surface area contributed by atoms with Gasteiger partial charge in [-0.3, -0.25) is 4.79 Å². The predicted octanol–water partition coefficient (Wildman–Crippen LogP) is 3.04. The molecule has 0 aliphatic heterocycles. The van der Waals surface area contributed by atoms with Crippen molar-refractivity contribution in [3.63, 3.8) is 0 Å². The van der Waals surface area contributed by atoms with E-state index in [-0.39, 0.29) is 0 Å². The van der Waals surface area contributed by atoms with Crippen molar-refractivity contribution in [3.8, 4) is 9.88 Å².